The summed E-state index contributed by atoms with van der Waals surface area (Å²) in [5.41, 5.74) is 4.06. The number of rotatable bonds is 2. The standard InChI is InChI=1S/C10H10N2O/c13-10-5-3-9(4-6-10)11-12-7-1-2-8-12/h1-8,11,13H. The second-order valence-electron chi connectivity index (χ2n) is 2.75. The monoisotopic (exact) mass is 174 g/mol. The Bertz CT molecular complexity index is 364. The minimum absolute atomic E-state index is 0.276. The summed E-state index contributed by atoms with van der Waals surface area (Å²) in [4.78, 5) is 0. The van der Waals surface area contributed by atoms with Crippen molar-refractivity contribution in [3.8, 4) is 5.75 Å². The van der Waals surface area contributed by atoms with E-state index in [2.05, 4.69) is 5.43 Å². The average Bonchev–Trinajstić information content (AvgIpc) is 2.62. The van der Waals surface area contributed by atoms with Crippen LogP contribution in [0.5, 0.6) is 5.75 Å². The Morgan fingerprint density at radius 3 is 2.23 bits per heavy atom. The fourth-order valence-electron chi connectivity index (χ4n) is 1.09. The number of hydrogen-bond donors (Lipinski definition) is 2. The number of aromatic nitrogens is 1. The molecule has 0 saturated heterocycles. The Morgan fingerprint density at radius 1 is 1.00 bits per heavy atom. The molecule has 0 aliphatic carbocycles. The van der Waals surface area contributed by atoms with E-state index in [0.717, 1.165) is 5.69 Å². The van der Waals surface area contributed by atoms with Crippen LogP contribution < -0.4 is 5.43 Å². The lowest BCUT2D eigenvalue weighted by Gasteiger charge is -2.06. The third kappa shape index (κ3) is 1.82. The molecule has 0 radical (unpaired) electrons. The third-order valence-electron chi connectivity index (χ3n) is 1.73. The molecule has 0 saturated carbocycles. The molecular weight excluding hydrogens is 164 g/mol. The number of phenolic OH excluding ortho intramolecular Hbond substituents is 1. The van der Waals surface area contributed by atoms with Gasteiger partial charge in [-0.2, -0.15) is 0 Å². The lowest BCUT2D eigenvalue weighted by Crippen LogP contribution is -2.04. The zero-order valence-corrected chi connectivity index (χ0v) is 7.01. The summed E-state index contributed by atoms with van der Waals surface area (Å²) < 4.78 is 1.84. The third-order valence-corrected chi connectivity index (χ3v) is 1.73. The molecule has 0 aliphatic rings. The number of nitrogens with one attached hydrogen (secondary N) is 1. The van der Waals surface area contributed by atoms with Crippen LogP contribution in [0, 0.1) is 0 Å². The van der Waals surface area contributed by atoms with Gasteiger partial charge in [-0.1, -0.05) is 0 Å². The molecule has 3 nitrogen and oxygen atoms in total. The zero-order valence-electron chi connectivity index (χ0n) is 7.01. The van der Waals surface area contributed by atoms with Gasteiger partial charge < -0.3 is 5.11 Å². The molecule has 0 bridgehead atoms. The fourth-order valence-corrected chi connectivity index (χ4v) is 1.09. The van der Waals surface area contributed by atoms with Crippen LogP contribution in [0.3, 0.4) is 0 Å². The smallest absolute Gasteiger partial charge is 0.115 e. The van der Waals surface area contributed by atoms with Crippen LogP contribution >= 0.6 is 0 Å². The van der Waals surface area contributed by atoms with E-state index in [4.69, 9.17) is 5.11 Å². The number of phenols is 1. The van der Waals surface area contributed by atoms with E-state index in [0.29, 0.717) is 0 Å². The summed E-state index contributed by atoms with van der Waals surface area (Å²) in [5, 5.41) is 9.05. The molecule has 1 aromatic heterocycles. The van der Waals surface area contributed by atoms with E-state index >= 15 is 0 Å². The van der Waals surface area contributed by atoms with Gasteiger partial charge in [-0.3, -0.25) is 10.1 Å². The van der Waals surface area contributed by atoms with E-state index in [1.165, 1.54) is 0 Å². The first-order valence-electron chi connectivity index (χ1n) is 4.03. The van der Waals surface area contributed by atoms with Crippen molar-refractivity contribution in [1.29, 1.82) is 0 Å². The number of benzene rings is 1. The minimum atomic E-state index is 0.276. The summed E-state index contributed by atoms with van der Waals surface area (Å²) in [6.07, 6.45) is 3.82. The molecule has 0 atom stereocenters. The maximum Gasteiger partial charge on any atom is 0.115 e. The van der Waals surface area contributed by atoms with E-state index < -0.39 is 0 Å². The van der Waals surface area contributed by atoms with E-state index in [-0.39, 0.29) is 5.75 Å². The predicted octanol–water partition coefficient (Wildman–Crippen LogP) is 2.07. The number of nitrogens with zero attached hydrogens (tertiary/aromatic N) is 1. The van der Waals surface area contributed by atoms with Crippen LogP contribution in [0.2, 0.25) is 0 Å². The molecule has 1 aromatic carbocycles. The summed E-state index contributed by atoms with van der Waals surface area (Å²) >= 11 is 0. The van der Waals surface area contributed by atoms with Crippen LogP contribution in [-0.4, -0.2) is 9.78 Å². The molecule has 66 valence electrons. The quantitative estimate of drug-likeness (QED) is 0.684. The van der Waals surface area contributed by atoms with Crippen molar-refractivity contribution in [2.45, 2.75) is 0 Å². The molecule has 1 heterocycles. The van der Waals surface area contributed by atoms with Gasteiger partial charge in [0, 0.05) is 12.4 Å². The topological polar surface area (TPSA) is 37.2 Å². The SMILES string of the molecule is Oc1ccc(Nn2cccc2)cc1. The Kier molecular flexibility index (Phi) is 1.92. The first-order valence-corrected chi connectivity index (χ1v) is 4.03. The second kappa shape index (κ2) is 3.23. The molecule has 2 aromatic rings. The highest BCUT2D eigenvalue weighted by Crippen LogP contribution is 2.13. The van der Waals surface area contributed by atoms with Crippen LogP contribution in [0.4, 0.5) is 5.69 Å². The first kappa shape index (κ1) is 7.73. The maximum atomic E-state index is 9.05. The number of anilines is 1. The molecule has 2 rings (SSSR count). The van der Waals surface area contributed by atoms with Crippen molar-refractivity contribution in [1.82, 2.24) is 4.68 Å². The van der Waals surface area contributed by atoms with Gasteiger partial charge in [0.05, 0.1) is 5.69 Å². The van der Waals surface area contributed by atoms with Gasteiger partial charge in [0.2, 0.25) is 0 Å². The van der Waals surface area contributed by atoms with Crippen molar-refractivity contribution in [2.24, 2.45) is 0 Å². The molecule has 3 heteroatoms. The second-order valence-corrected chi connectivity index (χ2v) is 2.75. The molecule has 0 fully saturated rings. The summed E-state index contributed by atoms with van der Waals surface area (Å²) in [5.74, 6) is 0.276. The van der Waals surface area contributed by atoms with E-state index in [9.17, 15) is 0 Å². The highest BCUT2D eigenvalue weighted by molar-refractivity contribution is 5.45. The van der Waals surface area contributed by atoms with Gasteiger partial charge in [0.1, 0.15) is 5.75 Å². The van der Waals surface area contributed by atoms with E-state index in [1.54, 1.807) is 12.1 Å². The van der Waals surface area contributed by atoms with E-state index in [1.807, 2.05) is 41.3 Å². The molecule has 0 spiro atoms. The first-order chi connectivity index (χ1) is 6.34. The van der Waals surface area contributed by atoms with Crippen molar-refractivity contribution >= 4 is 5.69 Å². The Hall–Kier alpha value is -1.90. The highest BCUT2D eigenvalue weighted by Gasteiger charge is 1.91. The van der Waals surface area contributed by atoms with Gasteiger partial charge in [0.15, 0.2) is 0 Å². The average molecular weight is 174 g/mol. The Balaban J connectivity index is 2.15. The van der Waals surface area contributed by atoms with Gasteiger partial charge in [-0.05, 0) is 36.4 Å². The van der Waals surface area contributed by atoms with Crippen molar-refractivity contribution < 1.29 is 5.11 Å². The zero-order chi connectivity index (χ0) is 9.10. The number of hydrogen-bond acceptors (Lipinski definition) is 2. The summed E-state index contributed by atoms with van der Waals surface area (Å²) in [6, 6.07) is 10.8. The molecule has 13 heavy (non-hydrogen) atoms. The highest BCUT2D eigenvalue weighted by atomic mass is 16.3. The number of aromatic hydroxyl groups is 1. The van der Waals surface area contributed by atoms with Gasteiger partial charge in [-0.25, -0.2) is 0 Å². The van der Waals surface area contributed by atoms with Gasteiger partial charge in [-0.15, -0.1) is 0 Å². The largest absolute Gasteiger partial charge is 0.508 e. The normalized spacial score (nSPS) is 9.85. The molecule has 0 amide bonds. The molecule has 2 N–H and O–H groups in total. The molecule has 0 unspecified atom stereocenters. The predicted molar refractivity (Wildman–Crippen MR) is 51.6 cm³/mol. The summed E-state index contributed by atoms with van der Waals surface area (Å²) in [7, 11) is 0. The molecule has 0 aliphatic heterocycles. The lowest BCUT2D eigenvalue weighted by molar-refractivity contribution is 0.475. The van der Waals surface area contributed by atoms with Crippen LogP contribution in [0.1, 0.15) is 0 Å². The van der Waals surface area contributed by atoms with Gasteiger partial charge >= 0.3 is 0 Å². The Labute approximate surface area is 76.2 Å². The van der Waals surface area contributed by atoms with Crippen LogP contribution in [0.25, 0.3) is 0 Å². The molecular formula is C10H10N2O. The maximum absolute atomic E-state index is 9.05. The van der Waals surface area contributed by atoms with Crippen LogP contribution in [0.15, 0.2) is 48.8 Å². The summed E-state index contributed by atoms with van der Waals surface area (Å²) in [6.45, 7) is 0. The van der Waals surface area contributed by atoms with Crippen molar-refractivity contribution in [3.63, 3.8) is 0 Å². The minimum Gasteiger partial charge on any atom is -0.508 e. The van der Waals surface area contributed by atoms with Crippen molar-refractivity contribution in [3.05, 3.63) is 48.8 Å². The lowest BCUT2D eigenvalue weighted by atomic mass is 10.3. The van der Waals surface area contributed by atoms with Crippen molar-refractivity contribution in [2.75, 3.05) is 5.43 Å². The van der Waals surface area contributed by atoms with Crippen LogP contribution in [-0.2, 0) is 0 Å². The Morgan fingerprint density at radius 2 is 1.62 bits per heavy atom. The fraction of sp³-hybridized carbons (Fsp3) is 0. The van der Waals surface area contributed by atoms with Gasteiger partial charge in [0.25, 0.3) is 0 Å².